The molecule has 2 N–H and O–H groups in total. The molecule has 2 atom stereocenters. The molecule has 0 aliphatic carbocycles. The van der Waals surface area contributed by atoms with Crippen molar-refractivity contribution in [2.75, 3.05) is 49.2 Å². The van der Waals surface area contributed by atoms with Gasteiger partial charge in [0.15, 0.2) is 11.6 Å². The number of rotatable bonds is 5. The normalized spacial score (nSPS) is 21.5. The van der Waals surface area contributed by atoms with Gasteiger partial charge in [-0.1, -0.05) is 5.11 Å². The molecule has 2 fully saturated rings. The van der Waals surface area contributed by atoms with Gasteiger partial charge in [-0.2, -0.15) is 0 Å². The van der Waals surface area contributed by atoms with Gasteiger partial charge in [0.25, 0.3) is 0 Å². The van der Waals surface area contributed by atoms with E-state index in [9.17, 15) is 19.2 Å². The van der Waals surface area contributed by atoms with Crippen molar-refractivity contribution < 1.29 is 28.7 Å². The largest absolute Gasteiger partial charge is 0.484 e. The number of fused-ring (bicyclic) bond motifs is 2. The van der Waals surface area contributed by atoms with Gasteiger partial charge < -0.3 is 15.2 Å². The van der Waals surface area contributed by atoms with E-state index in [1.54, 1.807) is 34.1 Å². The third kappa shape index (κ3) is 5.87. The lowest BCUT2D eigenvalue weighted by atomic mass is 10.1. The summed E-state index contributed by atoms with van der Waals surface area (Å²) in [5.74, 6) is 2.47. The Morgan fingerprint density at radius 2 is 1.35 bits per heavy atom. The molecular weight excluding hydrogens is 520 g/mol. The number of nitrogens with two attached hydrogens (primary N) is 1. The fourth-order valence-electron chi connectivity index (χ4n) is 5.00. The van der Waals surface area contributed by atoms with E-state index in [-0.39, 0.29) is 61.3 Å². The van der Waals surface area contributed by atoms with Crippen LogP contribution in [0.2, 0.25) is 0 Å². The number of hydrogen-bond acceptors (Lipinski definition) is 10. The Balaban J connectivity index is 0.000000162. The third-order valence-corrected chi connectivity index (χ3v) is 7.04. The maximum Gasteiger partial charge on any atom is 0.228 e. The Hall–Kier alpha value is -4.55. The molecule has 208 valence electrons. The second-order valence-electron chi connectivity index (χ2n) is 10.0. The maximum absolute atomic E-state index is 12.0. The maximum atomic E-state index is 12.0. The second-order valence-corrected chi connectivity index (χ2v) is 10.0. The zero-order valence-corrected chi connectivity index (χ0v) is 21.7. The van der Waals surface area contributed by atoms with E-state index in [0.29, 0.717) is 73.5 Å². The molecule has 2 aromatic rings. The van der Waals surface area contributed by atoms with Crippen molar-refractivity contribution in [1.82, 2.24) is 9.97 Å². The number of hydrogen-bond donors (Lipinski definition) is 1. The summed E-state index contributed by atoms with van der Waals surface area (Å²) in [6, 6.07) is 6.97. The van der Waals surface area contributed by atoms with Crippen LogP contribution in [0, 0.1) is 11.8 Å². The first kappa shape index (κ1) is 27.0. The molecule has 2 saturated heterocycles. The molecule has 6 rings (SSSR count). The van der Waals surface area contributed by atoms with Gasteiger partial charge in [0.2, 0.25) is 11.8 Å². The van der Waals surface area contributed by atoms with Gasteiger partial charge in [-0.15, -0.1) is 0 Å². The van der Waals surface area contributed by atoms with Crippen molar-refractivity contribution in [2.45, 2.75) is 25.7 Å². The average Bonchev–Trinajstić information content (AvgIpc) is 3.52. The highest BCUT2D eigenvalue weighted by Gasteiger charge is 2.33. The Morgan fingerprint density at radius 1 is 0.850 bits per heavy atom. The summed E-state index contributed by atoms with van der Waals surface area (Å²) >= 11 is 0. The number of aromatic nitrogens is 2. The number of carbonyl (C=O) groups is 4. The Bertz CT molecular complexity index is 1410. The molecule has 0 aromatic carbocycles. The summed E-state index contributed by atoms with van der Waals surface area (Å²) in [5.41, 5.74) is 15.1. The fourth-order valence-corrected chi connectivity index (χ4v) is 5.00. The summed E-state index contributed by atoms with van der Waals surface area (Å²) in [7, 11) is 0. The average molecular weight is 549 g/mol. The van der Waals surface area contributed by atoms with Crippen LogP contribution in [0.4, 0.5) is 11.6 Å². The van der Waals surface area contributed by atoms with Gasteiger partial charge in [-0.25, -0.2) is 9.97 Å². The number of Topliss-reactive ketones (excluding diaryl/α,β-unsaturated/α-hetero) is 2. The van der Waals surface area contributed by atoms with Crippen LogP contribution < -0.4 is 25.0 Å². The van der Waals surface area contributed by atoms with Crippen LogP contribution in [-0.4, -0.2) is 72.7 Å². The summed E-state index contributed by atoms with van der Waals surface area (Å²) in [6.07, 6.45) is 1.30. The predicted octanol–water partition coefficient (Wildman–Crippen LogP) is 1.15. The lowest BCUT2D eigenvalue weighted by Crippen LogP contribution is -2.28. The van der Waals surface area contributed by atoms with Crippen molar-refractivity contribution >= 4 is 35.0 Å². The van der Waals surface area contributed by atoms with Gasteiger partial charge in [-0.3, -0.25) is 29.0 Å². The second kappa shape index (κ2) is 11.7. The molecule has 0 spiro atoms. The summed E-state index contributed by atoms with van der Waals surface area (Å²) in [4.78, 5) is 61.4. The molecule has 0 saturated carbocycles. The molecule has 2 amide bonds. The highest BCUT2D eigenvalue weighted by atomic mass is 16.5. The minimum absolute atomic E-state index is 0.00381. The van der Waals surface area contributed by atoms with Crippen LogP contribution in [-0.2, 0) is 32.0 Å². The monoisotopic (exact) mass is 548 g/mol. The van der Waals surface area contributed by atoms with Crippen LogP contribution in [0.5, 0.6) is 11.5 Å². The Labute approximate surface area is 229 Å². The van der Waals surface area contributed by atoms with Gasteiger partial charge in [0, 0.05) is 37.4 Å². The smallest absolute Gasteiger partial charge is 0.228 e. The SMILES string of the molecule is NC[C@H]1CC(=O)N(c2ccc3c(n2)CC(=O)CO3)C1.[N-]=[N+]=NC[C@H]1CC(=O)N(c2ccc3c(n2)CC(=O)CO3)C1. The van der Waals surface area contributed by atoms with Crippen LogP contribution in [0.25, 0.3) is 10.4 Å². The highest BCUT2D eigenvalue weighted by molar-refractivity contribution is 5.96. The molecule has 0 unspecified atom stereocenters. The van der Waals surface area contributed by atoms with Crippen LogP contribution in [0.3, 0.4) is 0 Å². The molecule has 14 nitrogen and oxygen atoms in total. The van der Waals surface area contributed by atoms with Gasteiger partial charge in [0.1, 0.15) is 36.3 Å². The summed E-state index contributed by atoms with van der Waals surface area (Å²) < 4.78 is 10.6. The number of pyridine rings is 2. The fraction of sp³-hybridized carbons (Fsp3) is 0.462. The molecule has 6 heterocycles. The van der Waals surface area contributed by atoms with Gasteiger partial charge in [0.05, 0.1) is 24.2 Å². The molecule has 4 aliphatic heterocycles. The van der Waals surface area contributed by atoms with Gasteiger partial charge in [-0.05, 0) is 48.2 Å². The van der Waals surface area contributed by atoms with Gasteiger partial charge >= 0.3 is 0 Å². The van der Waals surface area contributed by atoms with E-state index in [1.165, 1.54) is 0 Å². The van der Waals surface area contributed by atoms with Crippen molar-refractivity contribution in [3.05, 3.63) is 46.1 Å². The van der Waals surface area contributed by atoms with Crippen molar-refractivity contribution in [3.8, 4) is 11.5 Å². The number of ketones is 2. The number of nitrogens with zero attached hydrogens (tertiary/aromatic N) is 7. The minimum atomic E-state index is -0.0522. The molecule has 0 radical (unpaired) electrons. The zero-order chi connectivity index (χ0) is 28.2. The number of ether oxygens (including phenoxy) is 2. The highest BCUT2D eigenvalue weighted by Crippen LogP contribution is 2.30. The van der Waals surface area contributed by atoms with E-state index < -0.39 is 0 Å². The Kier molecular flexibility index (Phi) is 7.89. The van der Waals surface area contributed by atoms with Crippen LogP contribution in [0.15, 0.2) is 29.4 Å². The number of carbonyl (C=O) groups excluding carboxylic acids is 4. The minimum Gasteiger partial charge on any atom is -0.484 e. The van der Waals surface area contributed by atoms with E-state index >= 15 is 0 Å². The number of amides is 2. The zero-order valence-electron chi connectivity index (χ0n) is 21.7. The first-order chi connectivity index (χ1) is 19.3. The topological polar surface area (TPSA) is 194 Å². The van der Waals surface area contributed by atoms with Crippen molar-refractivity contribution in [2.24, 2.45) is 22.7 Å². The first-order valence-electron chi connectivity index (χ1n) is 12.9. The van der Waals surface area contributed by atoms with E-state index in [1.807, 2.05) is 0 Å². The molecule has 40 heavy (non-hydrogen) atoms. The molecule has 4 aliphatic rings. The number of anilines is 2. The lowest BCUT2D eigenvalue weighted by molar-refractivity contribution is -0.122. The van der Waals surface area contributed by atoms with E-state index in [0.717, 1.165) is 0 Å². The van der Waals surface area contributed by atoms with Crippen molar-refractivity contribution in [3.63, 3.8) is 0 Å². The molecule has 0 bridgehead atoms. The standard InChI is InChI=1S/C13H13N5O3.C13H15N3O3/c14-17-15-5-8-3-13(20)18(6-8)12-2-1-11-10(16-12)4-9(19)7-21-11;14-5-8-3-13(18)16(6-8)12-2-1-11-10(15-12)4-9(17)7-19-11/h1-2,8H,3-7H2;1-2,8H,3-7,14H2/t2*8-/m11/s1. The number of azide groups is 1. The molecular formula is C26H28N8O6. The molecule has 2 aromatic heterocycles. The first-order valence-corrected chi connectivity index (χ1v) is 12.9. The van der Waals surface area contributed by atoms with Crippen LogP contribution >= 0.6 is 0 Å². The third-order valence-electron chi connectivity index (χ3n) is 7.04. The Morgan fingerprint density at radius 3 is 1.82 bits per heavy atom. The van der Waals surface area contributed by atoms with Crippen LogP contribution in [0.1, 0.15) is 24.2 Å². The van der Waals surface area contributed by atoms with E-state index in [4.69, 9.17) is 20.7 Å². The van der Waals surface area contributed by atoms with Crippen molar-refractivity contribution in [1.29, 1.82) is 0 Å². The summed E-state index contributed by atoms with van der Waals surface area (Å²) in [5, 5.41) is 3.51. The van der Waals surface area contributed by atoms with E-state index in [2.05, 4.69) is 20.0 Å². The molecule has 14 heteroatoms. The lowest BCUT2D eigenvalue weighted by Gasteiger charge is -2.20. The predicted molar refractivity (Wildman–Crippen MR) is 141 cm³/mol. The quantitative estimate of drug-likeness (QED) is 0.324. The summed E-state index contributed by atoms with van der Waals surface area (Å²) in [6.45, 7) is 2.03.